The largest absolute Gasteiger partial charge is 0.362 e. The smallest absolute Gasteiger partial charge is 0.186 e. The molecule has 0 bridgehead atoms. The van der Waals surface area contributed by atoms with Gasteiger partial charge in [0.2, 0.25) is 0 Å². The number of thiophene rings is 1. The first-order chi connectivity index (χ1) is 8.70. The summed E-state index contributed by atoms with van der Waals surface area (Å²) in [5, 5.41) is 9.08. The van der Waals surface area contributed by atoms with Gasteiger partial charge in [-0.1, -0.05) is 18.2 Å². The van der Waals surface area contributed by atoms with Crippen LogP contribution in [0.5, 0.6) is 0 Å². The average Bonchev–Trinajstić information content (AvgIpc) is 2.80. The number of rotatable bonds is 3. The first kappa shape index (κ1) is 13.0. The molecule has 2 rings (SSSR count). The van der Waals surface area contributed by atoms with Gasteiger partial charge >= 0.3 is 0 Å². The first-order valence-electron chi connectivity index (χ1n) is 5.77. The van der Waals surface area contributed by atoms with Gasteiger partial charge in [0.1, 0.15) is 0 Å². The fourth-order valence-corrected chi connectivity index (χ4v) is 2.75. The number of benzene rings is 1. The molecule has 0 fully saturated rings. The molecule has 0 aliphatic carbocycles. The second-order valence-corrected chi connectivity index (χ2v) is 5.31. The molecule has 0 unspecified atom stereocenters. The maximum atomic E-state index is 5.06. The normalized spacial score (nSPS) is 11.6. The highest BCUT2D eigenvalue weighted by molar-refractivity contribution is 7.80. The van der Waals surface area contributed by atoms with Crippen molar-refractivity contribution in [3.63, 3.8) is 0 Å². The summed E-state index contributed by atoms with van der Waals surface area (Å²) in [6.07, 6.45) is 0. The molecule has 3 nitrogen and oxygen atoms in total. The van der Waals surface area contributed by atoms with Crippen LogP contribution in [0.25, 0.3) is 10.1 Å². The predicted octanol–water partition coefficient (Wildman–Crippen LogP) is 3.11. The quantitative estimate of drug-likeness (QED) is 0.514. The Bertz CT molecular complexity index is 554. The highest BCUT2D eigenvalue weighted by Crippen LogP contribution is 2.25. The number of hydrogen-bond acceptors (Lipinski definition) is 3. The monoisotopic (exact) mass is 277 g/mol. The fraction of sp³-hybridized carbons (Fsp3) is 0.231. The summed E-state index contributed by atoms with van der Waals surface area (Å²) >= 11 is 6.80. The molecule has 0 spiro atoms. The van der Waals surface area contributed by atoms with E-state index in [1.807, 2.05) is 26.0 Å². The maximum absolute atomic E-state index is 5.06. The molecule has 0 radical (unpaired) electrons. The van der Waals surface area contributed by atoms with E-state index >= 15 is 0 Å². The zero-order valence-corrected chi connectivity index (χ0v) is 12.0. The van der Waals surface area contributed by atoms with E-state index < -0.39 is 0 Å². The second-order valence-electron chi connectivity index (χ2n) is 3.82. The van der Waals surface area contributed by atoms with Crippen molar-refractivity contribution in [2.75, 3.05) is 6.54 Å². The lowest BCUT2D eigenvalue weighted by molar-refractivity contribution is 0.901. The van der Waals surface area contributed by atoms with Gasteiger partial charge < -0.3 is 5.32 Å². The Hall–Kier alpha value is -1.46. The third-order valence-electron chi connectivity index (χ3n) is 2.44. The van der Waals surface area contributed by atoms with Crippen molar-refractivity contribution < 1.29 is 0 Å². The molecule has 1 heterocycles. The molecule has 5 heteroatoms. The van der Waals surface area contributed by atoms with E-state index in [4.69, 9.17) is 12.2 Å². The van der Waals surface area contributed by atoms with Crippen LogP contribution < -0.4 is 10.7 Å². The van der Waals surface area contributed by atoms with Gasteiger partial charge in [0.15, 0.2) is 5.11 Å². The number of nitrogens with zero attached hydrogens (tertiary/aromatic N) is 1. The van der Waals surface area contributed by atoms with Crippen molar-refractivity contribution in [3.8, 4) is 0 Å². The summed E-state index contributed by atoms with van der Waals surface area (Å²) in [7, 11) is 0. The first-order valence-corrected chi connectivity index (χ1v) is 7.00. The highest BCUT2D eigenvalue weighted by atomic mass is 32.1. The lowest BCUT2D eigenvalue weighted by atomic mass is 10.2. The van der Waals surface area contributed by atoms with Crippen LogP contribution in [0.2, 0.25) is 0 Å². The summed E-state index contributed by atoms with van der Waals surface area (Å²) in [5.74, 6) is 0. The average molecular weight is 277 g/mol. The summed E-state index contributed by atoms with van der Waals surface area (Å²) < 4.78 is 1.27. The molecule has 18 heavy (non-hydrogen) atoms. The molecule has 1 aromatic carbocycles. The lowest BCUT2D eigenvalue weighted by Gasteiger charge is -2.04. The van der Waals surface area contributed by atoms with Crippen molar-refractivity contribution >= 4 is 44.5 Å². The molecule has 0 amide bonds. The Labute approximate surface area is 116 Å². The van der Waals surface area contributed by atoms with Crippen molar-refractivity contribution in [2.24, 2.45) is 5.10 Å². The zero-order valence-electron chi connectivity index (χ0n) is 10.4. The van der Waals surface area contributed by atoms with Gasteiger partial charge in [-0.05, 0) is 43.6 Å². The molecule has 0 atom stereocenters. The van der Waals surface area contributed by atoms with E-state index in [2.05, 4.69) is 34.0 Å². The van der Waals surface area contributed by atoms with E-state index in [1.165, 1.54) is 10.1 Å². The zero-order chi connectivity index (χ0) is 13.0. The van der Waals surface area contributed by atoms with Gasteiger partial charge in [-0.2, -0.15) is 5.10 Å². The summed E-state index contributed by atoms with van der Waals surface area (Å²) in [6, 6.07) is 10.5. The maximum Gasteiger partial charge on any atom is 0.186 e. The van der Waals surface area contributed by atoms with Gasteiger partial charge in [-0.25, -0.2) is 0 Å². The van der Waals surface area contributed by atoms with E-state index in [1.54, 1.807) is 11.3 Å². The number of hydrogen-bond donors (Lipinski definition) is 2. The van der Waals surface area contributed by atoms with Gasteiger partial charge in [-0.3, -0.25) is 5.43 Å². The third kappa shape index (κ3) is 3.05. The topological polar surface area (TPSA) is 36.4 Å². The van der Waals surface area contributed by atoms with Gasteiger partial charge in [0.25, 0.3) is 0 Å². The van der Waals surface area contributed by atoms with Crippen LogP contribution in [0.4, 0.5) is 0 Å². The third-order valence-corrected chi connectivity index (χ3v) is 3.91. The van der Waals surface area contributed by atoms with Gasteiger partial charge in [0.05, 0.1) is 10.6 Å². The van der Waals surface area contributed by atoms with Gasteiger partial charge in [0, 0.05) is 11.2 Å². The Balaban J connectivity index is 2.15. The SMILES string of the molecule is CCNC(=S)N/N=C(\C)c1cc2ccccc2s1. The molecule has 2 N–H and O–H groups in total. The van der Waals surface area contributed by atoms with E-state index in [-0.39, 0.29) is 0 Å². The minimum atomic E-state index is 0.554. The highest BCUT2D eigenvalue weighted by Gasteiger charge is 2.04. The molecule has 1 aromatic heterocycles. The fourth-order valence-electron chi connectivity index (χ4n) is 1.55. The lowest BCUT2D eigenvalue weighted by Crippen LogP contribution is -2.32. The molecule has 0 aliphatic heterocycles. The molecular formula is C13H15N3S2. The van der Waals surface area contributed by atoms with E-state index in [9.17, 15) is 0 Å². The minimum Gasteiger partial charge on any atom is -0.362 e. The van der Waals surface area contributed by atoms with Crippen LogP contribution in [0.3, 0.4) is 0 Å². The number of hydrazone groups is 1. The standard InChI is InChI=1S/C13H15N3S2/c1-3-14-13(17)16-15-9(2)12-8-10-6-4-5-7-11(10)18-12/h4-8H,3H2,1-2H3,(H2,14,16,17)/b15-9+. The number of nitrogens with one attached hydrogen (secondary N) is 2. The summed E-state index contributed by atoms with van der Waals surface area (Å²) in [6.45, 7) is 4.77. The Morgan fingerprint density at radius 2 is 2.17 bits per heavy atom. The molecule has 0 aliphatic rings. The van der Waals surface area contributed by atoms with E-state index in [0.29, 0.717) is 5.11 Å². The molecule has 94 valence electrons. The van der Waals surface area contributed by atoms with Crippen LogP contribution in [-0.2, 0) is 0 Å². The van der Waals surface area contributed by atoms with Crippen LogP contribution in [0.1, 0.15) is 18.7 Å². The van der Waals surface area contributed by atoms with Crippen LogP contribution in [0.15, 0.2) is 35.4 Å². The molecule has 0 saturated carbocycles. The minimum absolute atomic E-state index is 0.554. The number of thiocarbonyl (C=S) groups is 1. The molecular weight excluding hydrogens is 262 g/mol. The predicted molar refractivity (Wildman–Crippen MR) is 83.4 cm³/mol. The van der Waals surface area contributed by atoms with Crippen molar-refractivity contribution in [3.05, 3.63) is 35.2 Å². The molecule has 0 saturated heterocycles. The summed E-state index contributed by atoms with van der Waals surface area (Å²) in [4.78, 5) is 1.16. The summed E-state index contributed by atoms with van der Waals surface area (Å²) in [5.41, 5.74) is 3.78. The Morgan fingerprint density at radius 3 is 2.89 bits per heavy atom. The van der Waals surface area contributed by atoms with Crippen molar-refractivity contribution in [1.29, 1.82) is 0 Å². The van der Waals surface area contributed by atoms with Crippen LogP contribution >= 0.6 is 23.6 Å². The Kier molecular flexibility index (Phi) is 4.28. The van der Waals surface area contributed by atoms with Gasteiger partial charge in [-0.15, -0.1) is 11.3 Å². The van der Waals surface area contributed by atoms with Crippen LogP contribution in [0, 0.1) is 0 Å². The Morgan fingerprint density at radius 1 is 1.39 bits per heavy atom. The van der Waals surface area contributed by atoms with Crippen molar-refractivity contribution in [2.45, 2.75) is 13.8 Å². The van der Waals surface area contributed by atoms with E-state index in [0.717, 1.165) is 17.1 Å². The second kappa shape index (κ2) is 5.93. The van der Waals surface area contributed by atoms with Crippen molar-refractivity contribution in [1.82, 2.24) is 10.7 Å². The number of fused-ring (bicyclic) bond motifs is 1. The molecule has 2 aromatic rings. The van der Waals surface area contributed by atoms with Crippen LogP contribution in [-0.4, -0.2) is 17.4 Å².